The molecule has 0 heterocycles. The highest BCUT2D eigenvalue weighted by atomic mass is 79.9. The van der Waals surface area contributed by atoms with E-state index in [1.807, 2.05) is 0 Å². The van der Waals surface area contributed by atoms with Gasteiger partial charge in [0.2, 0.25) is 0 Å². The molecule has 0 aromatic heterocycles. The van der Waals surface area contributed by atoms with Gasteiger partial charge in [0, 0.05) is 12.5 Å². The Morgan fingerprint density at radius 3 is 2.89 bits per heavy atom. The van der Waals surface area contributed by atoms with Crippen LogP contribution in [0.5, 0.6) is 0 Å². The van der Waals surface area contributed by atoms with Gasteiger partial charge in [-0.3, -0.25) is 4.79 Å². The minimum Gasteiger partial charge on any atom is -0.466 e. The van der Waals surface area contributed by atoms with Crippen LogP contribution in [0.2, 0.25) is 0 Å². The number of hydrogen-bond donors (Lipinski definition) is 1. The van der Waals surface area contributed by atoms with E-state index >= 15 is 0 Å². The van der Waals surface area contributed by atoms with Gasteiger partial charge in [0.15, 0.2) is 0 Å². The summed E-state index contributed by atoms with van der Waals surface area (Å²) >= 11 is 3.13. The standard InChI is InChI=1S/C13H17BrFNO2/c1-2-18-13(17)6-4-10(16)7-9-3-5-12(15)11(14)8-9/h3,5,8,10H,2,4,6-7,16H2,1H3. The smallest absolute Gasteiger partial charge is 0.305 e. The van der Waals surface area contributed by atoms with Crippen molar-refractivity contribution in [3.8, 4) is 0 Å². The van der Waals surface area contributed by atoms with Crippen LogP contribution < -0.4 is 5.73 Å². The zero-order chi connectivity index (χ0) is 13.5. The molecular weight excluding hydrogens is 301 g/mol. The molecule has 0 aliphatic heterocycles. The van der Waals surface area contributed by atoms with Crippen molar-refractivity contribution < 1.29 is 13.9 Å². The minimum absolute atomic E-state index is 0.133. The summed E-state index contributed by atoms with van der Waals surface area (Å²) in [5.41, 5.74) is 6.87. The summed E-state index contributed by atoms with van der Waals surface area (Å²) in [5.74, 6) is -0.521. The second-order valence-corrected chi connectivity index (χ2v) is 4.91. The summed E-state index contributed by atoms with van der Waals surface area (Å²) < 4.78 is 18.3. The second kappa shape index (κ2) is 7.48. The fourth-order valence-corrected chi connectivity index (χ4v) is 2.03. The van der Waals surface area contributed by atoms with Gasteiger partial charge in [-0.25, -0.2) is 4.39 Å². The van der Waals surface area contributed by atoms with Crippen LogP contribution in [0.1, 0.15) is 25.3 Å². The van der Waals surface area contributed by atoms with Crippen LogP contribution in [0.15, 0.2) is 22.7 Å². The molecule has 5 heteroatoms. The SMILES string of the molecule is CCOC(=O)CCC(N)Cc1ccc(F)c(Br)c1. The lowest BCUT2D eigenvalue weighted by Gasteiger charge is -2.11. The van der Waals surface area contributed by atoms with Crippen molar-refractivity contribution in [3.63, 3.8) is 0 Å². The highest BCUT2D eigenvalue weighted by Crippen LogP contribution is 2.18. The van der Waals surface area contributed by atoms with Gasteiger partial charge in [-0.15, -0.1) is 0 Å². The number of nitrogens with two attached hydrogens (primary N) is 1. The number of hydrogen-bond acceptors (Lipinski definition) is 3. The third kappa shape index (κ3) is 5.14. The van der Waals surface area contributed by atoms with E-state index in [2.05, 4.69) is 15.9 Å². The molecule has 1 rings (SSSR count). The molecule has 1 aromatic carbocycles. The highest BCUT2D eigenvalue weighted by Gasteiger charge is 2.09. The molecule has 0 radical (unpaired) electrons. The molecule has 0 aliphatic carbocycles. The highest BCUT2D eigenvalue weighted by molar-refractivity contribution is 9.10. The molecule has 0 bridgehead atoms. The third-order valence-electron chi connectivity index (χ3n) is 2.51. The lowest BCUT2D eigenvalue weighted by Crippen LogP contribution is -2.24. The van der Waals surface area contributed by atoms with Gasteiger partial charge in [-0.05, 0) is 53.4 Å². The Hall–Kier alpha value is -0.940. The quantitative estimate of drug-likeness (QED) is 0.821. The van der Waals surface area contributed by atoms with Crippen molar-refractivity contribution in [2.75, 3.05) is 6.61 Å². The molecule has 3 nitrogen and oxygen atoms in total. The summed E-state index contributed by atoms with van der Waals surface area (Å²) in [7, 11) is 0. The van der Waals surface area contributed by atoms with E-state index in [1.165, 1.54) is 6.07 Å². The topological polar surface area (TPSA) is 52.3 Å². The summed E-state index contributed by atoms with van der Waals surface area (Å²) in [6.07, 6.45) is 1.49. The molecule has 1 aromatic rings. The lowest BCUT2D eigenvalue weighted by molar-refractivity contribution is -0.143. The van der Waals surface area contributed by atoms with Crippen molar-refractivity contribution in [1.29, 1.82) is 0 Å². The number of carbonyl (C=O) groups is 1. The van der Waals surface area contributed by atoms with E-state index < -0.39 is 0 Å². The van der Waals surface area contributed by atoms with Crippen molar-refractivity contribution in [2.24, 2.45) is 5.73 Å². The van der Waals surface area contributed by atoms with E-state index in [1.54, 1.807) is 19.1 Å². The second-order valence-electron chi connectivity index (χ2n) is 4.06. The Morgan fingerprint density at radius 2 is 2.28 bits per heavy atom. The minimum atomic E-state index is -0.293. The molecule has 1 unspecified atom stereocenters. The molecule has 2 N–H and O–H groups in total. The summed E-state index contributed by atoms with van der Waals surface area (Å²) in [4.78, 5) is 11.2. The van der Waals surface area contributed by atoms with Gasteiger partial charge in [-0.1, -0.05) is 6.07 Å². The first-order chi connectivity index (χ1) is 8.52. The summed E-state index contributed by atoms with van der Waals surface area (Å²) in [6, 6.07) is 4.67. The summed E-state index contributed by atoms with van der Waals surface area (Å²) in [6.45, 7) is 2.16. The number of ether oxygens (including phenoxy) is 1. The molecule has 0 spiro atoms. The number of rotatable bonds is 6. The van der Waals surface area contributed by atoms with Crippen molar-refractivity contribution in [2.45, 2.75) is 32.2 Å². The third-order valence-corrected chi connectivity index (χ3v) is 3.11. The Balaban J connectivity index is 2.42. The maximum absolute atomic E-state index is 13.0. The van der Waals surface area contributed by atoms with Gasteiger partial charge in [0.1, 0.15) is 5.82 Å². The Kier molecular flexibility index (Phi) is 6.29. The van der Waals surface area contributed by atoms with Crippen molar-refractivity contribution >= 4 is 21.9 Å². The number of carbonyl (C=O) groups excluding carboxylic acids is 1. The number of halogens is 2. The van der Waals surface area contributed by atoms with Gasteiger partial charge in [0.05, 0.1) is 11.1 Å². The van der Waals surface area contributed by atoms with Crippen LogP contribution in [0.4, 0.5) is 4.39 Å². The molecule has 0 saturated carbocycles. The van der Waals surface area contributed by atoms with Crippen molar-refractivity contribution in [1.82, 2.24) is 0 Å². The number of esters is 1. The first-order valence-corrected chi connectivity index (χ1v) is 6.67. The maximum atomic E-state index is 13.0. The van der Waals surface area contributed by atoms with E-state index in [0.29, 0.717) is 30.3 Å². The molecule has 18 heavy (non-hydrogen) atoms. The maximum Gasteiger partial charge on any atom is 0.305 e. The van der Waals surface area contributed by atoms with Crippen LogP contribution in [0.3, 0.4) is 0 Å². The Morgan fingerprint density at radius 1 is 1.56 bits per heavy atom. The van der Waals surface area contributed by atoms with Gasteiger partial charge < -0.3 is 10.5 Å². The van der Waals surface area contributed by atoms with Gasteiger partial charge in [-0.2, -0.15) is 0 Å². The molecule has 0 amide bonds. The fourth-order valence-electron chi connectivity index (χ4n) is 1.61. The lowest BCUT2D eigenvalue weighted by atomic mass is 10.0. The Bertz CT molecular complexity index is 412. The van der Waals surface area contributed by atoms with Crippen LogP contribution in [0, 0.1) is 5.82 Å². The van der Waals surface area contributed by atoms with Gasteiger partial charge >= 0.3 is 5.97 Å². The van der Waals surface area contributed by atoms with Crippen molar-refractivity contribution in [3.05, 3.63) is 34.1 Å². The molecule has 0 fully saturated rings. The van der Waals surface area contributed by atoms with Gasteiger partial charge in [0.25, 0.3) is 0 Å². The fraction of sp³-hybridized carbons (Fsp3) is 0.462. The van der Waals surface area contributed by atoms with Crippen LogP contribution >= 0.6 is 15.9 Å². The Labute approximate surface area is 115 Å². The van der Waals surface area contributed by atoms with E-state index in [-0.39, 0.29) is 17.8 Å². The van der Waals surface area contributed by atoms with E-state index in [0.717, 1.165) is 5.56 Å². The predicted octanol–water partition coefficient (Wildman–Crippen LogP) is 2.80. The molecule has 1 atom stereocenters. The van der Waals surface area contributed by atoms with E-state index in [9.17, 15) is 9.18 Å². The monoisotopic (exact) mass is 317 g/mol. The average Bonchev–Trinajstić information content (AvgIpc) is 2.32. The van der Waals surface area contributed by atoms with E-state index in [4.69, 9.17) is 10.5 Å². The first kappa shape index (κ1) is 15.1. The largest absolute Gasteiger partial charge is 0.466 e. The molecule has 0 aliphatic rings. The normalized spacial score (nSPS) is 12.2. The molecule has 100 valence electrons. The average molecular weight is 318 g/mol. The van der Waals surface area contributed by atoms with Crippen LogP contribution in [-0.2, 0) is 16.0 Å². The zero-order valence-electron chi connectivity index (χ0n) is 10.3. The first-order valence-electron chi connectivity index (χ1n) is 5.88. The summed E-state index contributed by atoms with van der Waals surface area (Å²) in [5, 5.41) is 0. The number of benzene rings is 1. The predicted molar refractivity (Wildman–Crippen MR) is 71.6 cm³/mol. The molecule has 0 saturated heterocycles. The zero-order valence-corrected chi connectivity index (χ0v) is 11.9. The molecular formula is C13H17BrFNO2. The van der Waals surface area contributed by atoms with Crippen LogP contribution in [-0.4, -0.2) is 18.6 Å². The van der Waals surface area contributed by atoms with Crippen LogP contribution in [0.25, 0.3) is 0 Å².